The zero-order chi connectivity index (χ0) is 45.3. The number of aliphatic hydroxyl groups excluding tert-OH is 1. The minimum absolute atomic E-state index is 0.0429. The normalized spacial score (nSPS) is 18.5. The number of nitro benzene ring substituents is 1. The van der Waals surface area contributed by atoms with E-state index >= 15 is 0 Å². The molecule has 0 saturated carbocycles. The lowest BCUT2D eigenvalue weighted by Gasteiger charge is -2.41. The minimum atomic E-state index is -4.00. The fraction of sp³-hybridized carbons (Fsp3) is 0.275. The van der Waals surface area contributed by atoms with Crippen LogP contribution in [-0.4, -0.2) is 74.1 Å². The molecular formula is C51H53N5O8S. The molecule has 0 bridgehead atoms. The Balaban J connectivity index is 0.952. The summed E-state index contributed by atoms with van der Waals surface area (Å²) in [6, 6.07) is 45.2. The number of nitro groups is 1. The number of amides is 1. The number of ether oxygens (including phenoxy) is 2. The summed E-state index contributed by atoms with van der Waals surface area (Å²) in [6.45, 7) is 5.90. The molecule has 3 N–H and O–H groups in total. The number of hydrogen-bond acceptors (Lipinski definition) is 10. The van der Waals surface area contributed by atoms with Gasteiger partial charge in [0, 0.05) is 69.1 Å². The summed E-state index contributed by atoms with van der Waals surface area (Å²) in [5.74, 6) is -0.442. The summed E-state index contributed by atoms with van der Waals surface area (Å²) in [7, 11) is -4.00. The van der Waals surface area contributed by atoms with Crippen molar-refractivity contribution in [3.05, 3.63) is 195 Å². The van der Waals surface area contributed by atoms with E-state index < -0.39 is 28.3 Å². The van der Waals surface area contributed by atoms with Crippen LogP contribution in [0.3, 0.4) is 0 Å². The third-order valence-corrected chi connectivity index (χ3v) is 13.6. The number of benzene rings is 6. The number of aryl methyl sites for hydroxylation is 1. The van der Waals surface area contributed by atoms with Crippen LogP contribution in [0.5, 0.6) is 0 Å². The van der Waals surface area contributed by atoms with Crippen molar-refractivity contribution in [1.82, 2.24) is 14.9 Å². The van der Waals surface area contributed by atoms with Crippen LogP contribution in [0.2, 0.25) is 0 Å². The number of hydrogen-bond donors (Lipinski definition) is 3. The van der Waals surface area contributed by atoms with Gasteiger partial charge in [0.15, 0.2) is 6.29 Å². The number of nitrogens with zero attached hydrogens (tertiary/aromatic N) is 3. The Bertz CT molecular complexity index is 2640. The smallest absolute Gasteiger partial charge is 0.269 e. The van der Waals surface area contributed by atoms with Gasteiger partial charge in [-0.3, -0.25) is 19.8 Å². The number of piperazine rings is 1. The summed E-state index contributed by atoms with van der Waals surface area (Å²) in [5, 5.41) is 23.8. The molecule has 2 aliphatic rings. The molecule has 1 amide bonds. The van der Waals surface area contributed by atoms with Crippen LogP contribution in [-0.2, 0) is 43.9 Å². The van der Waals surface area contributed by atoms with Crippen LogP contribution in [0.15, 0.2) is 157 Å². The van der Waals surface area contributed by atoms with E-state index in [0.29, 0.717) is 13.0 Å². The highest BCUT2D eigenvalue weighted by Gasteiger charge is 2.34. The maximum Gasteiger partial charge on any atom is 0.269 e. The largest absolute Gasteiger partial charge is 0.392 e. The van der Waals surface area contributed by atoms with E-state index in [1.807, 2.05) is 110 Å². The van der Waals surface area contributed by atoms with Crippen molar-refractivity contribution in [3.63, 3.8) is 0 Å². The summed E-state index contributed by atoms with van der Waals surface area (Å²) in [5.41, 5.74) is 8.17. The number of carbonyl (C=O) groups excluding carboxylic acids is 1. The van der Waals surface area contributed by atoms with E-state index in [4.69, 9.17) is 9.47 Å². The van der Waals surface area contributed by atoms with Gasteiger partial charge in [0.1, 0.15) is 6.04 Å². The molecule has 2 heterocycles. The second-order valence-electron chi connectivity index (χ2n) is 16.6. The van der Waals surface area contributed by atoms with E-state index in [0.717, 1.165) is 76.4 Å². The van der Waals surface area contributed by atoms with Gasteiger partial charge in [-0.2, -0.15) is 4.72 Å². The monoisotopic (exact) mass is 895 g/mol. The first-order chi connectivity index (χ1) is 31.5. The molecule has 6 aromatic carbocycles. The van der Waals surface area contributed by atoms with Crippen LogP contribution < -0.4 is 14.9 Å². The number of aliphatic hydroxyl groups is 1. The third-order valence-electron chi connectivity index (χ3n) is 12.1. The van der Waals surface area contributed by atoms with Crippen LogP contribution in [0.4, 0.5) is 11.4 Å². The lowest BCUT2D eigenvalue weighted by atomic mass is 9.97. The molecule has 0 aromatic heterocycles. The van der Waals surface area contributed by atoms with Gasteiger partial charge in [0.25, 0.3) is 5.69 Å². The molecule has 6 aromatic rings. The lowest BCUT2D eigenvalue weighted by molar-refractivity contribution is -0.384. The van der Waals surface area contributed by atoms with E-state index in [-0.39, 0.29) is 47.3 Å². The molecule has 0 spiro atoms. The van der Waals surface area contributed by atoms with Crippen molar-refractivity contribution in [2.75, 3.05) is 37.6 Å². The average molecular weight is 896 g/mol. The highest BCUT2D eigenvalue weighted by molar-refractivity contribution is 7.89. The third kappa shape index (κ3) is 11.5. The van der Waals surface area contributed by atoms with Crippen molar-refractivity contribution in [2.45, 2.75) is 62.4 Å². The SMILES string of the molecule is Cc1ccc(S(=O)(=O)N[C@H](Cc2ccccc2)C(=O)NCc2ccccc2-c2ccc([C@@H]3O[C@H](CN4CCN(c5ccc([N+](=O)[O-])cc5)CC4)C[C@H](c4ccc(CO)cc4)O3)cc2)cc1. The van der Waals surface area contributed by atoms with Crippen LogP contribution in [0.25, 0.3) is 11.1 Å². The molecule has 336 valence electrons. The van der Waals surface area contributed by atoms with Gasteiger partial charge in [-0.25, -0.2) is 8.42 Å². The summed E-state index contributed by atoms with van der Waals surface area (Å²) < 4.78 is 43.0. The second kappa shape index (κ2) is 20.7. The Kier molecular flexibility index (Phi) is 14.4. The van der Waals surface area contributed by atoms with E-state index in [2.05, 4.69) is 19.8 Å². The van der Waals surface area contributed by atoms with Gasteiger partial charge >= 0.3 is 0 Å². The number of carbonyl (C=O) groups is 1. The molecule has 2 saturated heterocycles. The maximum atomic E-state index is 13.9. The molecule has 65 heavy (non-hydrogen) atoms. The molecule has 0 radical (unpaired) electrons. The van der Waals surface area contributed by atoms with Crippen LogP contribution >= 0.6 is 0 Å². The molecule has 2 aliphatic heterocycles. The lowest BCUT2D eigenvalue weighted by Crippen LogP contribution is -2.49. The number of anilines is 1. The molecule has 14 heteroatoms. The molecule has 8 rings (SSSR count). The number of sulfonamides is 1. The van der Waals surface area contributed by atoms with Crippen LogP contribution in [0.1, 0.15) is 52.2 Å². The highest BCUT2D eigenvalue weighted by atomic mass is 32.2. The van der Waals surface area contributed by atoms with Gasteiger partial charge in [-0.05, 0) is 71.0 Å². The number of rotatable bonds is 16. The van der Waals surface area contributed by atoms with Gasteiger partial charge in [-0.1, -0.05) is 121 Å². The Labute approximate surface area is 379 Å². The van der Waals surface area contributed by atoms with Crippen molar-refractivity contribution in [3.8, 4) is 11.1 Å². The zero-order valence-corrected chi connectivity index (χ0v) is 37.0. The number of nitrogens with one attached hydrogen (secondary N) is 2. The van der Waals surface area contributed by atoms with Crippen LogP contribution in [0, 0.1) is 17.0 Å². The predicted octanol–water partition coefficient (Wildman–Crippen LogP) is 7.64. The Morgan fingerprint density at radius 2 is 1.45 bits per heavy atom. The topological polar surface area (TPSA) is 164 Å². The first kappa shape index (κ1) is 45.3. The van der Waals surface area contributed by atoms with Gasteiger partial charge in [-0.15, -0.1) is 0 Å². The minimum Gasteiger partial charge on any atom is -0.392 e. The fourth-order valence-corrected chi connectivity index (χ4v) is 9.58. The van der Waals surface area contributed by atoms with E-state index in [1.54, 1.807) is 36.4 Å². The molecule has 2 fully saturated rings. The predicted molar refractivity (Wildman–Crippen MR) is 249 cm³/mol. The molecule has 13 nitrogen and oxygen atoms in total. The second-order valence-corrected chi connectivity index (χ2v) is 18.3. The van der Waals surface area contributed by atoms with E-state index in [1.165, 1.54) is 12.1 Å². The first-order valence-electron chi connectivity index (χ1n) is 21.8. The Morgan fingerprint density at radius 3 is 2.12 bits per heavy atom. The van der Waals surface area contributed by atoms with Gasteiger partial charge in [0.05, 0.1) is 28.6 Å². The van der Waals surface area contributed by atoms with E-state index in [9.17, 15) is 28.4 Å². The van der Waals surface area contributed by atoms with Gasteiger partial charge in [0.2, 0.25) is 15.9 Å². The molecule has 0 unspecified atom stereocenters. The highest BCUT2D eigenvalue weighted by Crippen LogP contribution is 2.39. The summed E-state index contributed by atoms with van der Waals surface area (Å²) in [6.07, 6.45) is -0.217. The van der Waals surface area contributed by atoms with Crippen molar-refractivity contribution in [1.29, 1.82) is 0 Å². The maximum absolute atomic E-state index is 13.9. The van der Waals surface area contributed by atoms with Crippen molar-refractivity contribution < 1.29 is 32.7 Å². The fourth-order valence-electron chi connectivity index (χ4n) is 8.39. The first-order valence-corrected chi connectivity index (χ1v) is 23.3. The quantitative estimate of drug-likeness (QED) is 0.0650. The number of non-ortho nitro benzene ring substituents is 1. The van der Waals surface area contributed by atoms with Gasteiger partial charge < -0.3 is 24.8 Å². The van der Waals surface area contributed by atoms with Crippen molar-refractivity contribution >= 4 is 27.3 Å². The molecule has 4 atom stereocenters. The zero-order valence-electron chi connectivity index (χ0n) is 36.2. The summed E-state index contributed by atoms with van der Waals surface area (Å²) in [4.78, 5) is 29.4. The standard InChI is InChI=1S/C51H53N5O8S/c1-36-11-25-46(26-12-36)65(61,62)53-48(31-37-7-3-2-4-8-37)50(58)52-33-42-9-5-6-10-47(42)39-17-19-41(20-18-39)51-63-45(32-49(64-51)40-15-13-38(35-57)14-16-40)34-54-27-29-55(30-28-54)43-21-23-44(24-22-43)56(59)60/h2-26,45,48-49,51,53,57H,27-35H2,1H3,(H,52,58)/t45-,48+,49+,51+/m0/s1. The molecule has 0 aliphatic carbocycles. The average Bonchev–Trinajstić information content (AvgIpc) is 3.34. The Hall–Kier alpha value is -6.26. The summed E-state index contributed by atoms with van der Waals surface area (Å²) >= 11 is 0. The molecular weight excluding hydrogens is 843 g/mol. The Morgan fingerprint density at radius 1 is 0.785 bits per heavy atom. The van der Waals surface area contributed by atoms with Crippen molar-refractivity contribution in [2.24, 2.45) is 0 Å².